The molecular weight excluding hydrogens is 172 g/mol. The molecule has 1 rings (SSSR count). The van der Waals surface area contributed by atoms with E-state index in [1.165, 1.54) is 0 Å². The second-order valence-electron chi connectivity index (χ2n) is 2.19. The number of allylic oxidation sites excluding steroid dienone is 1. The van der Waals surface area contributed by atoms with E-state index in [0.29, 0.717) is 5.56 Å². The lowest BCUT2D eigenvalue weighted by molar-refractivity contribution is -0.687. The normalized spacial score (nSPS) is 7.92. The third kappa shape index (κ3) is 2.73. The van der Waals surface area contributed by atoms with Crippen LogP contribution >= 0.6 is 0 Å². The largest absolute Gasteiger partial charge is 1.00 e. The summed E-state index contributed by atoms with van der Waals surface area (Å²) in [7, 11) is 0. The van der Waals surface area contributed by atoms with Gasteiger partial charge in [0, 0.05) is 6.07 Å². The first-order valence-electron chi connectivity index (χ1n) is 3.37. The fourth-order valence-corrected chi connectivity index (χ4v) is 0.851. The maximum Gasteiger partial charge on any atom is 0.186 e. The van der Waals surface area contributed by atoms with Gasteiger partial charge in [0.25, 0.3) is 0 Å². The number of pyridine rings is 1. The molecule has 0 N–H and O–H groups in total. The quantitative estimate of drug-likeness (QED) is 0.384. The van der Waals surface area contributed by atoms with Crippen molar-refractivity contribution in [3.8, 4) is 6.07 Å². The molecule has 0 spiro atoms. The highest BCUT2D eigenvalue weighted by molar-refractivity contribution is 5.21. The van der Waals surface area contributed by atoms with Gasteiger partial charge in [0.2, 0.25) is 0 Å². The predicted octanol–water partition coefficient (Wildman–Crippen LogP) is -1.96. The summed E-state index contributed by atoms with van der Waals surface area (Å²) in [6.45, 7) is 4.35. The van der Waals surface area contributed by atoms with Crippen molar-refractivity contribution < 1.29 is 17.0 Å². The highest BCUT2D eigenvalue weighted by atomic mass is 35.5. The first-order chi connectivity index (χ1) is 5.36. The predicted molar refractivity (Wildman–Crippen MR) is 41.5 cm³/mol. The van der Waals surface area contributed by atoms with Crippen LogP contribution in [-0.2, 0) is 6.54 Å². The fraction of sp³-hybridized carbons (Fsp3) is 0.111. The van der Waals surface area contributed by atoms with Gasteiger partial charge in [-0.2, -0.15) is 5.26 Å². The van der Waals surface area contributed by atoms with Crippen LogP contribution in [0.25, 0.3) is 0 Å². The molecule has 12 heavy (non-hydrogen) atoms. The molecule has 0 radical (unpaired) electrons. The number of halogens is 1. The Hall–Kier alpha value is -1.33. The lowest BCUT2D eigenvalue weighted by Crippen LogP contribution is -3.00. The van der Waals surface area contributed by atoms with Gasteiger partial charge in [0.1, 0.15) is 11.6 Å². The minimum atomic E-state index is 0. The average molecular weight is 181 g/mol. The summed E-state index contributed by atoms with van der Waals surface area (Å²) in [5.74, 6) is 0. The van der Waals surface area contributed by atoms with Crippen LogP contribution in [0.15, 0.2) is 37.2 Å². The molecule has 0 atom stereocenters. The molecule has 1 aromatic heterocycles. The second-order valence-corrected chi connectivity index (χ2v) is 2.19. The maximum absolute atomic E-state index is 8.54. The molecule has 62 valence electrons. The third-order valence-corrected chi connectivity index (χ3v) is 1.33. The van der Waals surface area contributed by atoms with Gasteiger partial charge >= 0.3 is 0 Å². The van der Waals surface area contributed by atoms with Gasteiger partial charge in [0.05, 0.1) is 0 Å². The van der Waals surface area contributed by atoms with E-state index in [1.54, 1.807) is 18.3 Å². The summed E-state index contributed by atoms with van der Waals surface area (Å²) in [4.78, 5) is 0. The van der Waals surface area contributed by atoms with Crippen LogP contribution in [0, 0.1) is 11.3 Å². The smallest absolute Gasteiger partial charge is 0.186 e. The summed E-state index contributed by atoms with van der Waals surface area (Å²) in [6.07, 6.45) is 5.49. The van der Waals surface area contributed by atoms with Crippen LogP contribution in [0.3, 0.4) is 0 Å². The summed E-state index contributed by atoms with van der Waals surface area (Å²) in [5.41, 5.74) is 0.675. The summed E-state index contributed by atoms with van der Waals surface area (Å²) >= 11 is 0. The van der Waals surface area contributed by atoms with Crippen molar-refractivity contribution in [3.63, 3.8) is 0 Å². The number of nitriles is 1. The summed E-state index contributed by atoms with van der Waals surface area (Å²) in [6, 6.07) is 5.70. The topological polar surface area (TPSA) is 27.7 Å². The molecule has 3 heteroatoms. The maximum atomic E-state index is 8.54. The number of hydrogen-bond acceptors (Lipinski definition) is 1. The Kier molecular flexibility index (Phi) is 4.75. The molecule has 0 saturated heterocycles. The Balaban J connectivity index is 0.00000121. The van der Waals surface area contributed by atoms with Crippen LogP contribution < -0.4 is 17.0 Å². The molecule has 0 aliphatic carbocycles. The van der Waals surface area contributed by atoms with E-state index in [0.717, 1.165) is 6.54 Å². The molecule has 1 aromatic rings. The Morgan fingerprint density at radius 1 is 1.67 bits per heavy atom. The standard InChI is InChI=1S/C9H9N2.ClH/c1-2-5-11-6-3-4-9(7-10)8-11;/h2-4,6,8H,1,5H2;1H/q+1;/p-1. The first-order valence-corrected chi connectivity index (χ1v) is 3.37. The molecule has 0 aromatic carbocycles. The minimum absolute atomic E-state index is 0. The van der Waals surface area contributed by atoms with Crippen LogP contribution in [-0.4, -0.2) is 0 Å². The Bertz CT molecular complexity index is 302. The molecular formula is C9H9ClN2. The van der Waals surface area contributed by atoms with Crippen molar-refractivity contribution in [2.75, 3.05) is 0 Å². The molecule has 0 amide bonds. The monoisotopic (exact) mass is 180 g/mol. The van der Waals surface area contributed by atoms with Crippen LogP contribution in [0.2, 0.25) is 0 Å². The van der Waals surface area contributed by atoms with Crippen LogP contribution in [0.1, 0.15) is 5.56 Å². The SMILES string of the molecule is C=CC[n+]1cccc(C#N)c1.[Cl-]. The molecule has 0 bridgehead atoms. The molecule has 2 nitrogen and oxygen atoms in total. The molecule has 0 fully saturated rings. The van der Waals surface area contributed by atoms with E-state index in [4.69, 9.17) is 5.26 Å². The van der Waals surface area contributed by atoms with Gasteiger partial charge in [-0.05, 0) is 12.1 Å². The van der Waals surface area contributed by atoms with E-state index in [2.05, 4.69) is 12.6 Å². The third-order valence-electron chi connectivity index (χ3n) is 1.33. The van der Waals surface area contributed by atoms with Crippen molar-refractivity contribution in [1.29, 1.82) is 5.26 Å². The Morgan fingerprint density at radius 3 is 3.00 bits per heavy atom. The average Bonchev–Trinajstić information content (AvgIpc) is 2.06. The number of aromatic nitrogens is 1. The van der Waals surface area contributed by atoms with Gasteiger partial charge in [-0.25, -0.2) is 4.57 Å². The van der Waals surface area contributed by atoms with Crippen molar-refractivity contribution >= 4 is 0 Å². The van der Waals surface area contributed by atoms with Gasteiger partial charge in [-0.1, -0.05) is 6.58 Å². The van der Waals surface area contributed by atoms with Crippen molar-refractivity contribution in [2.24, 2.45) is 0 Å². The van der Waals surface area contributed by atoms with Crippen molar-refractivity contribution in [2.45, 2.75) is 6.54 Å². The number of nitrogens with zero attached hydrogens (tertiary/aromatic N) is 2. The van der Waals surface area contributed by atoms with E-state index in [-0.39, 0.29) is 12.4 Å². The summed E-state index contributed by atoms with van der Waals surface area (Å²) in [5, 5.41) is 8.54. The summed E-state index contributed by atoms with van der Waals surface area (Å²) < 4.78 is 1.91. The zero-order chi connectivity index (χ0) is 8.10. The van der Waals surface area contributed by atoms with E-state index >= 15 is 0 Å². The van der Waals surface area contributed by atoms with E-state index in [9.17, 15) is 0 Å². The molecule has 0 saturated carbocycles. The zero-order valence-corrected chi connectivity index (χ0v) is 7.33. The van der Waals surface area contributed by atoms with Gasteiger partial charge in [-0.15, -0.1) is 0 Å². The number of hydrogen-bond donors (Lipinski definition) is 0. The van der Waals surface area contributed by atoms with Crippen LogP contribution in [0.5, 0.6) is 0 Å². The highest BCUT2D eigenvalue weighted by Gasteiger charge is 1.97. The first kappa shape index (κ1) is 10.7. The highest BCUT2D eigenvalue weighted by Crippen LogP contribution is 1.89. The Morgan fingerprint density at radius 2 is 2.42 bits per heavy atom. The zero-order valence-electron chi connectivity index (χ0n) is 6.57. The lowest BCUT2D eigenvalue weighted by atomic mass is 10.3. The lowest BCUT2D eigenvalue weighted by Gasteiger charge is -1.89. The fourth-order valence-electron chi connectivity index (χ4n) is 0.851. The molecule has 1 heterocycles. The Labute approximate surface area is 78.2 Å². The van der Waals surface area contributed by atoms with Crippen molar-refractivity contribution in [3.05, 3.63) is 42.7 Å². The van der Waals surface area contributed by atoms with E-state index < -0.39 is 0 Å². The number of rotatable bonds is 2. The van der Waals surface area contributed by atoms with Crippen LogP contribution in [0.4, 0.5) is 0 Å². The van der Waals surface area contributed by atoms with Gasteiger partial charge < -0.3 is 12.4 Å². The van der Waals surface area contributed by atoms with Gasteiger partial charge in [-0.3, -0.25) is 0 Å². The second kappa shape index (κ2) is 5.34. The minimum Gasteiger partial charge on any atom is -1.00 e. The van der Waals surface area contributed by atoms with E-state index in [1.807, 2.05) is 16.8 Å². The molecule has 0 unspecified atom stereocenters. The molecule has 0 aliphatic rings. The molecule has 0 aliphatic heterocycles. The van der Waals surface area contributed by atoms with Crippen molar-refractivity contribution in [1.82, 2.24) is 0 Å². The van der Waals surface area contributed by atoms with Gasteiger partial charge in [0.15, 0.2) is 18.9 Å².